The minimum atomic E-state index is -2.26. The molecule has 1 N–H and O–H groups in total. The highest BCUT2D eigenvalue weighted by Gasteiger charge is 2.44. The van der Waals surface area contributed by atoms with Crippen LogP contribution < -0.4 is 4.74 Å². The lowest BCUT2D eigenvalue weighted by Crippen LogP contribution is -2.34. The lowest BCUT2D eigenvalue weighted by atomic mass is 9.80. The van der Waals surface area contributed by atoms with Crippen LogP contribution in [0.2, 0.25) is 0 Å². The number of ether oxygens (including phenoxy) is 1. The molecule has 4 heteroatoms. The number of carboxylic acids is 1. The molecule has 1 aromatic carbocycles. The van der Waals surface area contributed by atoms with E-state index in [-0.39, 0.29) is 12.0 Å². The molecule has 0 radical (unpaired) electrons. The SMILES string of the molecule is COc1cccc2c1CCCC2(F)C(=O)O. The Kier molecular flexibility index (Phi) is 2.58. The summed E-state index contributed by atoms with van der Waals surface area (Å²) in [5.74, 6) is -0.845. The van der Waals surface area contributed by atoms with Gasteiger partial charge in [0.25, 0.3) is 0 Å². The molecule has 0 aromatic heterocycles. The van der Waals surface area contributed by atoms with Crippen molar-refractivity contribution < 1.29 is 19.0 Å². The van der Waals surface area contributed by atoms with Crippen LogP contribution in [0.5, 0.6) is 5.75 Å². The number of hydrogen-bond donors (Lipinski definition) is 1. The number of rotatable bonds is 2. The summed E-state index contributed by atoms with van der Waals surface area (Å²) in [5, 5.41) is 8.99. The first kappa shape index (κ1) is 10.9. The zero-order valence-corrected chi connectivity index (χ0v) is 9.00. The third-order valence-corrected chi connectivity index (χ3v) is 3.07. The van der Waals surface area contributed by atoms with Crippen LogP contribution in [-0.4, -0.2) is 18.2 Å². The third kappa shape index (κ3) is 1.45. The molecule has 0 fully saturated rings. The molecule has 0 saturated heterocycles. The number of carbonyl (C=O) groups is 1. The maximum Gasteiger partial charge on any atom is 0.346 e. The minimum Gasteiger partial charge on any atom is -0.496 e. The number of carboxylic acid groups (broad SMARTS) is 1. The molecule has 0 aliphatic heterocycles. The molecular weight excluding hydrogens is 211 g/mol. The van der Waals surface area contributed by atoms with E-state index in [1.807, 2.05) is 0 Å². The van der Waals surface area contributed by atoms with Gasteiger partial charge in [-0.2, -0.15) is 0 Å². The van der Waals surface area contributed by atoms with Gasteiger partial charge in [-0.05, 0) is 25.3 Å². The van der Waals surface area contributed by atoms with Gasteiger partial charge in [0.2, 0.25) is 5.67 Å². The number of hydrogen-bond acceptors (Lipinski definition) is 2. The van der Waals surface area contributed by atoms with E-state index in [0.29, 0.717) is 24.2 Å². The second kappa shape index (κ2) is 3.77. The van der Waals surface area contributed by atoms with Crippen LogP contribution in [-0.2, 0) is 16.9 Å². The van der Waals surface area contributed by atoms with Crippen LogP contribution in [0, 0.1) is 0 Å². The fourth-order valence-corrected chi connectivity index (χ4v) is 2.25. The molecule has 0 spiro atoms. The number of aliphatic carboxylic acids is 1. The first-order valence-electron chi connectivity index (χ1n) is 5.18. The third-order valence-electron chi connectivity index (χ3n) is 3.07. The van der Waals surface area contributed by atoms with Crippen molar-refractivity contribution in [1.29, 1.82) is 0 Å². The Morgan fingerprint density at radius 2 is 2.31 bits per heavy atom. The monoisotopic (exact) mass is 224 g/mol. The predicted octanol–water partition coefficient (Wildman–Crippen LogP) is 2.28. The summed E-state index contributed by atoms with van der Waals surface area (Å²) in [6.07, 6.45) is 1.22. The summed E-state index contributed by atoms with van der Waals surface area (Å²) in [4.78, 5) is 11.0. The van der Waals surface area contributed by atoms with E-state index in [1.54, 1.807) is 12.1 Å². The summed E-state index contributed by atoms with van der Waals surface area (Å²) in [6, 6.07) is 4.89. The standard InChI is InChI=1S/C12H13FO3/c1-16-10-6-2-5-9-8(10)4-3-7-12(9,13)11(14)15/h2,5-6H,3-4,7H2,1H3,(H,14,15). The molecule has 1 aliphatic carbocycles. The molecule has 1 unspecified atom stereocenters. The van der Waals surface area contributed by atoms with E-state index >= 15 is 0 Å². The summed E-state index contributed by atoms with van der Waals surface area (Å²) >= 11 is 0. The molecular formula is C12H13FO3. The smallest absolute Gasteiger partial charge is 0.346 e. The molecule has 3 nitrogen and oxygen atoms in total. The predicted molar refractivity (Wildman–Crippen MR) is 56.4 cm³/mol. The van der Waals surface area contributed by atoms with Crippen molar-refractivity contribution in [3.8, 4) is 5.75 Å². The number of fused-ring (bicyclic) bond motifs is 1. The van der Waals surface area contributed by atoms with Crippen LogP contribution in [0.25, 0.3) is 0 Å². The Labute approximate surface area is 92.9 Å². The van der Waals surface area contributed by atoms with E-state index in [9.17, 15) is 9.18 Å². The summed E-state index contributed by atoms with van der Waals surface area (Å²) in [6.45, 7) is 0. The normalized spacial score (nSPS) is 23.6. The zero-order chi connectivity index (χ0) is 11.8. The van der Waals surface area contributed by atoms with Gasteiger partial charge in [0.05, 0.1) is 7.11 Å². The van der Waals surface area contributed by atoms with Crippen molar-refractivity contribution in [3.05, 3.63) is 29.3 Å². The topological polar surface area (TPSA) is 46.5 Å². The van der Waals surface area contributed by atoms with Gasteiger partial charge < -0.3 is 9.84 Å². The van der Waals surface area contributed by atoms with E-state index in [2.05, 4.69) is 0 Å². The highest BCUT2D eigenvalue weighted by Crippen LogP contribution is 2.42. The van der Waals surface area contributed by atoms with Gasteiger partial charge in [-0.25, -0.2) is 9.18 Å². The van der Waals surface area contributed by atoms with Crippen molar-refractivity contribution in [3.63, 3.8) is 0 Å². The lowest BCUT2D eigenvalue weighted by Gasteiger charge is -2.29. The first-order valence-corrected chi connectivity index (χ1v) is 5.18. The van der Waals surface area contributed by atoms with Crippen LogP contribution in [0.1, 0.15) is 24.0 Å². The van der Waals surface area contributed by atoms with Crippen LogP contribution in [0.15, 0.2) is 18.2 Å². The fourth-order valence-electron chi connectivity index (χ4n) is 2.25. The molecule has 0 amide bonds. The number of benzene rings is 1. The van der Waals surface area contributed by atoms with Crippen molar-refractivity contribution in [2.45, 2.75) is 24.9 Å². The average molecular weight is 224 g/mol. The minimum absolute atomic E-state index is 0.0303. The summed E-state index contributed by atoms with van der Waals surface area (Å²) < 4.78 is 19.5. The molecule has 1 aromatic rings. The Morgan fingerprint density at radius 3 is 2.94 bits per heavy atom. The van der Waals surface area contributed by atoms with E-state index < -0.39 is 11.6 Å². The van der Waals surface area contributed by atoms with Crippen molar-refractivity contribution in [1.82, 2.24) is 0 Å². The molecule has 2 rings (SSSR count). The quantitative estimate of drug-likeness (QED) is 0.838. The number of methoxy groups -OCH3 is 1. The van der Waals surface area contributed by atoms with Gasteiger partial charge in [0, 0.05) is 11.1 Å². The van der Waals surface area contributed by atoms with Crippen LogP contribution in [0.4, 0.5) is 4.39 Å². The molecule has 16 heavy (non-hydrogen) atoms. The van der Waals surface area contributed by atoms with E-state index in [4.69, 9.17) is 9.84 Å². The van der Waals surface area contributed by atoms with Gasteiger partial charge in [0.15, 0.2) is 0 Å². The molecule has 1 atom stereocenters. The van der Waals surface area contributed by atoms with Gasteiger partial charge in [-0.3, -0.25) is 0 Å². The maximum absolute atomic E-state index is 14.3. The first-order chi connectivity index (χ1) is 7.59. The highest BCUT2D eigenvalue weighted by molar-refractivity contribution is 5.80. The Bertz CT molecular complexity index is 430. The summed E-state index contributed by atoms with van der Waals surface area (Å²) in [7, 11) is 1.50. The Morgan fingerprint density at radius 1 is 1.56 bits per heavy atom. The molecule has 0 saturated carbocycles. The lowest BCUT2D eigenvalue weighted by molar-refractivity contribution is -0.152. The van der Waals surface area contributed by atoms with Crippen LogP contribution in [0.3, 0.4) is 0 Å². The largest absolute Gasteiger partial charge is 0.496 e. The second-order valence-corrected chi connectivity index (χ2v) is 3.95. The molecule has 0 heterocycles. The maximum atomic E-state index is 14.3. The zero-order valence-electron chi connectivity index (χ0n) is 9.00. The van der Waals surface area contributed by atoms with Crippen molar-refractivity contribution in [2.75, 3.05) is 7.11 Å². The van der Waals surface area contributed by atoms with E-state index in [0.717, 1.165) is 0 Å². The molecule has 0 bridgehead atoms. The van der Waals surface area contributed by atoms with E-state index in [1.165, 1.54) is 13.2 Å². The Hall–Kier alpha value is -1.58. The van der Waals surface area contributed by atoms with Crippen LogP contribution >= 0.6 is 0 Å². The average Bonchev–Trinajstić information content (AvgIpc) is 2.28. The number of halogens is 1. The van der Waals surface area contributed by atoms with Gasteiger partial charge in [-0.15, -0.1) is 0 Å². The molecule has 86 valence electrons. The summed E-state index contributed by atoms with van der Waals surface area (Å²) in [5.41, 5.74) is -1.34. The highest BCUT2D eigenvalue weighted by atomic mass is 19.1. The fraction of sp³-hybridized carbons (Fsp3) is 0.417. The van der Waals surface area contributed by atoms with Crippen molar-refractivity contribution >= 4 is 5.97 Å². The van der Waals surface area contributed by atoms with Gasteiger partial charge in [0.1, 0.15) is 5.75 Å². The second-order valence-electron chi connectivity index (χ2n) is 3.95. The van der Waals surface area contributed by atoms with Gasteiger partial charge in [-0.1, -0.05) is 12.1 Å². The number of alkyl halides is 1. The molecule has 1 aliphatic rings. The Balaban J connectivity index is 2.59. The van der Waals surface area contributed by atoms with Gasteiger partial charge >= 0.3 is 5.97 Å². The van der Waals surface area contributed by atoms with Crippen molar-refractivity contribution in [2.24, 2.45) is 0 Å².